The summed E-state index contributed by atoms with van der Waals surface area (Å²) in [6, 6.07) is 13.1. The van der Waals surface area contributed by atoms with Crippen molar-refractivity contribution >= 4 is 34.8 Å². The van der Waals surface area contributed by atoms with Gasteiger partial charge in [0.15, 0.2) is 0 Å². The highest BCUT2D eigenvalue weighted by atomic mass is 35.5. The molecule has 2 heterocycles. The van der Waals surface area contributed by atoms with Gasteiger partial charge < -0.3 is 15.0 Å². The number of halogens is 2. The minimum atomic E-state index is -0.134. The number of H-pyrrole nitrogens is 1. The Bertz CT molecular complexity index is 1050. The van der Waals surface area contributed by atoms with Crippen LogP contribution in [0.5, 0.6) is 5.75 Å². The number of nitrogens with one attached hydrogen (secondary N) is 2. The van der Waals surface area contributed by atoms with Crippen LogP contribution in [0, 0.1) is 0 Å². The van der Waals surface area contributed by atoms with Crippen LogP contribution in [0.15, 0.2) is 48.7 Å². The van der Waals surface area contributed by atoms with Crippen molar-refractivity contribution < 1.29 is 9.53 Å². The lowest BCUT2D eigenvalue weighted by Crippen LogP contribution is -2.33. The zero-order valence-corrected chi connectivity index (χ0v) is 18.0. The summed E-state index contributed by atoms with van der Waals surface area (Å²) in [5, 5.41) is 3.61. The number of aromatic nitrogens is 2. The summed E-state index contributed by atoms with van der Waals surface area (Å²) in [4.78, 5) is 22.7. The summed E-state index contributed by atoms with van der Waals surface area (Å²) in [6.45, 7) is 1.08. The van der Waals surface area contributed by atoms with Crippen LogP contribution in [0.25, 0.3) is 11.3 Å². The number of aromatic amines is 1. The average Bonchev–Trinajstić information content (AvgIpc) is 3.41. The van der Waals surface area contributed by atoms with E-state index in [2.05, 4.69) is 20.2 Å². The lowest BCUT2D eigenvalue weighted by molar-refractivity contribution is -0.117. The molecule has 2 aromatic carbocycles. The molecule has 0 spiro atoms. The number of ether oxygens (including phenoxy) is 1. The molecule has 0 radical (unpaired) electrons. The standard InChI is InChI=1S/C22H22Cl2N4O2/c1-30-15-6-2-5-14(11-15)18-12-25-22(27-18)19-9-4-10-28(19)13-20(29)26-17-8-3-7-16(23)21(17)24/h2-3,5-8,11-12,19H,4,9-10,13H2,1H3,(H,25,27)(H,26,29). The number of carbonyl (C=O) groups is 1. The lowest BCUT2D eigenvalue weighted by atomic mass is 10.1. The van der Waals surface area contributed by atoms with E-state index in [1.165, 1.54) is 0 Å². The Morgan fingerprint density at radius 2 is 2.13 bits per heavy atom. The minimum Gasteiger partial charge on any atom is -0.497 e. The summed E-state index contributed by atoms with van der Waals surface area (Å²) >= 11 is 12.2. The van der Waals surface area contributed by atoms with Gasteiger partial charge in [-0.2, -0.15) is 0 Å². The number of anilines is 1. The number of carbonyl (C=O) groups excluding carboxylic acids is 1. The number of methoxy groups -OCH3 is 1. The van der Waals surface area contributed by atoms with Crippen LogP contribution in [0.4, 0.5) is 5.69 Å². The summed E-state index contributed by atoms with van der Waals surface area (Å²) in [7, 11) is 1.65. The Hall–Kier alpha value is -2.54. The van der Waals surface area contributed by atoms with Crippen LogP contribution < -0.4 is 10.1 Å². The first-order chi connectivity index (χ1) is 14.5. The number of likely N-dealkylation sites (tertiary alicyclic amines) is 1. The van der Waals surface area contributed by atoms with E-state index in [1.54, 1.807) is 25.3 Å². The van der Waals surface area contributed by atoms with Crippen LogP contribution in [-0.4, -0.2) is 41.0 Å². The van der Waals surface area contributed by atoms with Gasteiger partial charge in [-0.25, -0.2) is 4.98 Å². The van der Waals surface area contributed by atoms with E-state index >= 15 is 0 Å². The van der Waals surface area contributed by atoms with E-state index < -0.39 is 0 Å². The number of hydrogen-bond acceptors (Lipinski definition) is 4. The molecule has 1 saturated heterocycles. The largest absolute Gasteiger partial charge is 0.497 e. The zero-order chi connectivity index (χ0) is 21.1. The lowest BCUT2D eigenvalue weighted by Gasteiger charge is -2.22. The second-order valence-corrected chi connectivity index (χ2v) is 7.98. The Labute approximate surface area is 185 Å². The highest BCUT2D eigenvalue weighted by molar-refractivity contribution is 6.44. The van der Waals surface area contributed by atoms with E-state index in [4.69, 9.17) is 27.9 Å². The summed E-state index contributed by atoms with van der Waals surface area (Å²) < 4.78 is 5.30. The fourth-order valence-electron chi connectivity index (χ4n) is 3.74. The first-order valence-corrected chi connectivity index (χ1v) is 10.5. The quantitative estimate of drug-likeness (QED) is 0.550. The van der Waals surface area contributed by atoms with Crippen molar-refractivity contribution in [3.63, 3.8) is 0 Å². The average molecular weight is 445 g/mol. The topological polar surface area (TPSA) is 70.2 Å². The third-order valence-corrected chi connectivity index (χ3v) is 6.05. The number of rotatable bonds is 6. The Morgan fingerprint density at radius 3 is 2.97 bits per heavy atom. The molecule has 1 amide bonds. The van der Waals surface area contributed by atoms with Crippen LogP contribution in [0.2, 0.25) is 10.0 Å². The second kappa shape index (κ2) is 9.08. The van der Waals surface area contributed by atoms with Gasteiger partial charge in [0.25, 0.3) is 0 Å². The first-order valence-electron chi connectivity index (χ1n) is 9.72. The molecule has 1 unspecified atom stereocenters. The Kier molecular flexibility index (Phi) is 6.27. The predicted octanol–water partition coefficient (Wildman–Crippen LogP) is 5.17. The van der Waals surface area contributed by atoms with Crippen molar-refractivity contribution in [2.45, 2.75) is 18.9 Å². The number of imidazole rings is 1. The summed E-state index contributed by atoms with van der Waals surface area (Å²) in [5.41, 5.74) is 2.44. The molecule has 0 saturated carbocycles. The highest BCUT2D eigenvalue weighted by Crippen LogP contribution is 2.33. The van der Waals surface area contributed by atoms with Crippen molar-refractivity contribution in [3.8, 4) is 17.0 Å². The molecular weight excluding hydrogens is 423 g/mol. The second-order valence-electron chi connectivity index (χ2n) is 7.19. The third kappa shape index (κ3) is 4.46. The van der Waals surface area contributed by atoms with E-state index in [0.717, 1.165) is 42.2 Å². The van der Waals surface area contributed by atoms with Crippen molar-refractivity contribution in [2.75, 3.05) is 25.5 Å². The van der Waals surface area contributed by atoms with Gasteiger partial charge in [-0.05, 0) is 43.7 Å². The van der Waals surface area contributed by atoms with Crippen LogP contribution in [0.3, 0.4) is 0 Å². The molecule has 1 atom stereocenters. The van der Waals surface area contributed by atoms with Gasteiger partial charge in [-0.3, -0.25) is 9.69 Å². The van der Waals surface area contributed by atoms with Gasteiger partial charge in [-0.15, -0.1) is 0 Å². The molecule has 0 aliphatic carbocycles. The molecule has 3 aromatic rings. The monoisotopic (exact) mass is 444 g/mol. The number of nitrogens with zero attached hydrogens (tertiary/aromatic N) is 2. The Morgan fingerprint density at radius 1 is 1.30 bits per heavy atom. The number of hydrogen-bond donors (Lipinski definition) is 2. The zero-order valence-electron chi connectivity index (χ0n) is 16.5. The van der Waals surface area contributed by atoms with Gasteiger partial charge in [0.05, 0.1) is 47.3 Å². The SMILES string of the molecule is COc1cccc(-c2cnc(C3CCCN3CC(=O)Nc3cccc(Cl)c3Cl)[nH]2)c1. The molecule has 1 aliphatic rings. The maximum absolute atomic E-state index is 12.6. The van der Waals surface area contributed by atoms with E-state index in [9.17, 15) is 4.79 Å². The Balaban J connectivity index is 1.45. The minimum absolute atomic E-state index is 0.0601. The molecule has 6 nitrogen and oxygen atoms in total. The highest BCUT2D eigenvalue weighted by Gasteiger charge is 2.30. The normalized spacial score (nSPS) is 16.6. The van der Waals surface area contributed by atoms with E-state index in [0.29, 0.717) is 15.7 Å². The molecule has 2 N–H and O–H groups in total. The maximum Gasteiger partial charge on any atom is 0.238 e. The molecule has 0 bridgehead atoms. The van der Waals surface area contributed by atoms with Crippen LogP contribution in [0.1, 0.15) is 24.7 Å². The van der Waals surface area contributed by atoms with E-state index in [1.807, 2.05) is 30.5 Å². The van der Waals surface area contributed by atoms with E-state index in [-0.39, 0.29) is 18.5 Å². The number of benzene rings is 2. The van der Waals surface area contributed by atoms with Gasteiger partial charge in [-0.1, -0.05) is 41.4 Å². The fraction of sp³-hybridized carbons (Fsp3) is 0.273. The van der Waals surface area contributed by atoms with Gasteiger partial charge in [0.2, 0.25) is 5.91 Å². The van der Waals surface area contributed by atoms with Crippen molar-refractivity contribution in [3.05, 3.63) is 64.5 Å². The van der Waals surface area contributed by atoms with Gasteiger partial charge in [0.1, 0.15) is 11.6 Å². The van der Waals surface area contributed by atoms with Crippen molar-refractivity contribution in [1.82, 2.24) is 14.9 Å². The van der Waals surface area contributed by atoms with Crippen molar-refractivity contribution in [1.29, 1.82) is 0 Å². The van der Waals surface area contributed by atoms with Crippen LogP contribution in [-0.2, 0) is 4.79 Å². The fourth-order valence-corrected chi connectivity index (χ4v) is 4.09. The molecule has 1 aromatic heterocycles. The van der Waals surface area contributed by atoms with Gasteiger partial charge >= 0.3 is 0 Å². The maximum atomic E-state index is 12.6. The first kappa shape index (κ1) is 20.7. The smallest absolute Gasteiger partial charge is 0.238 e. The molecule has 8 heteroatoms. The molecular formula is C22H22Cl2N4O2. The predicted molar refractivity (Wildman–Crippen MR) is 119 cm³/mol. The molecule has 1 aliphatic heterocycles. The van der Waals surface area contributed by atoms with Crippen molar-refractivity contribution in [2.24, 2.45) is 0 Å². The third-order valence-electron chi connectivity index (χ3n) is 5.23. The summed E-state index contributed by atoms with van der Waals surface area (Å²) in [6.07, 6.45) is 3.77. The molecule has 4 rings (SSSR count). The summed E-state index contributed by atoms with van der Waals surface area (Å²) in [5.74, 6) is 1.52. The van der Waals surface area contributed by atoms with Crippen LogP contribution >= 0.6 is 23.2 Å². The number of amides is 1. The van der Waals surface area contributed by atoms with Gasteiger partial charge in [0, 0.05) is 5.56 Å². The molecule has 1 fully saturated rings. The molecule has 30 heavy (non-hydrogen) atoms. The molecule has 156 valence electrons.